The van der Waals surface area contributed by atoms with E-state index < -0.39 is 0 Å². The van der Waals surface area contributed by atoms with E-state index in [1.165, 1.54) is 5.56 Å². The first kappa shape index (κ1) is 16.9. The van der Waals surface area contributed by atoms with Crippen LogP contribution < -0.4 is 14.2 Å². The van der Waals surface area contributed by atoms with Gasteiger partial charge in [-0.1, -0.05) is 12.1 Å². The standard InChI is InChI=1S/C20H22N2O3/c1-23-17-7-5-16(6-8-17)4-3-13-25-20-14-18(24-2)9-10-19(20)22-12-11-21-15-22/h5-12,14-15H,3-4,13H2,1-2H3. The quantitative estimate of drug-likeness (QED) is 0.584. The van der Waals surface area contributed by atoms with Crippen molar-refractivity contribution in [1.82, 2.24) is 9.55 Å². The summed E-state index contributed by atoms with van der Waals surface area (Å²) in [6.07, 6.45) is 7.27. The SMILES string of the molecule is COc1ccc(CCCOc2cc(OC)ccc2-n2ccnc2)cc1. The molecule has 0 fully saturated rings. The number of ether oxygens (including phenoxy) is 3. The molecule has 1 aromatic heterocycles. The van der Waals surface area contributed by atoms with Gasteiger partial charge < -0.3 is 18.8 Å². The van der Waals surface area contributed by atoms with E-state index in [4.69, 9.17) is 14.2 Å². The third kappa shape index (κ3) is 4.32. The molecule has 0 N–H and O–H groups in total. The summed E-state index contributed by atoms with van der Waals surface area (Å²) in [5.41, 5.74) is 2.22. The fourth-order valence-corrected chi connectivity index (χ4v) is 2.60. The first-order valence-electron chi connectivity index (χ1n) is 8.22. The van der Waals surface area contributed by atoms with E-state index in [9.17, 15) is 0 Å². The highest BCUT2D eigenvalue weighted by atomic mass is 16.5. The second-order valence-corrected chi connectivity index (χ2v) is 5.60. The van der Waals surface area contributed by atoms with Crippen molar-refractivity contribution in [3.05, 3.63) is 66.7 Å². The predicted octanol–water partition coefficient (Wildman–Crippen LogP) is 3.90. The van der Waals surface area contributed by atoms with Crippen molar-refractivity contribution in [2.24, 2.45) is 0 Å². The van der Waals surface area contributed by atoms with Crippen molar-refractivity contribution < 1.29 is 14.2 Å². The molecule has 0 unspecified atom stereocenters. The Morgan fingerprint density at radius 2 is 1.72 bits per heavy atom. The van der Waals surface area contributed by atoms with Gasteiger partial charge in [0.1, 0.15) is 17.2 Å². The van der Waals surface area contributed by atoms with Gasteiger partial charge in [-0.3, -0.25) is 0 Å². The summed E-state index contributed by atoms with van der Waals surface area (Å²) >= 11 is 0. The van der Waals surface area contributed by atoms with Gasteiger partial charge in [0, 0.05) is 18.5 Å². The number of imidazole rings is 1. The van der Waals surface area contributed by atoms with Crippen LogP contribution in [0.5, 0.6) is 17.2 Å². The third-order valence-electron chi connectivity index (χ3n) is 3.98. The molecule has 0 atom stereocenters. The fraction of sp³-hybridized carbons (Fsp3) is 0.250. The molecule has 0 spiro atoms. The Morgan fingerprint density at radius 1 is 0.960 bits per heavy atom. The van der Waals surface area contributed by atoms with Crippen LogP contribution in [0.25, 0.3) is 5.69 Å². The highest BCUT2D eigenvalue weighted by Gasteiger charge is 2.08. The number of nitrogens with zero attached hydrogens (tertiary/aromatic N) is 2. The minimum absolute atomic E-state index is 0.626. The molecule has 0 aliphatic carbocycles. The number of benzene rings is 2. The fourth-order valence-electron chi connectivity index (χ4n) is 2.60. The van der Waals surface area contributed by atoms with Gasteiger partial charge in [0.2, 0.25) is 0 Å². The molecule has 2 aromatic carbocycles. The van der Waals surface area contributed by atoms with E-state index in [1.807, 2.05) is 41.1 Å². The number of hydrogen-bond acceptors (Lipinski definition) is 4. The van der Waals surface area contributed by atoms with Crippen LogP contribution in [0.15, 0.2) is 61.2 Å². The smallest absolute Gasteiger partial charge is 0.146 e. The lowest BCUT2D eigenvalue weighted by atomic mass is 10.1. The Labute approximate surface area is 147 Å². The van der Waals surface area contributed by atoms with Crippen molar-refractivity contribution in [1.29, 1.82) is 0 Å². The minimum atomic E-state index is 0.626. The van der Waals surface area contributed by atoms with Gasteiger partial charge in [0.05, 0.1) is 32.8 Å². The Morgan fingerprint density at radius 3 is 2.40 bits per heavy atom. The molecule has 0 saturated carbocycles. The van der Waals surface area contributed by atoms with Gasteiger partial charge in [-0.15, -0.1) is 0 Å². The van der Waals surface area contributed by atoms with Crippen LogP contribution in [-0.4, -0.2) is 30.4 Å². The second kappa shape index (κ2) is 8.24. The Balaban J connectivity index is 1.61. The largest absolute Gasteiger partial charge is 0.497 e. The molecule has 0 aliphatic rings. The van der Waals surface area contributed by atoms with Gasteiger partial charge >= 0.3 is 0 Å². The number of rotatable bonds is 8. The zero-order valence-corrected chi connectivity index (χ0v) is 14.5. The van der Waals surface area contributed by atoms with Crippen LogP contribution >= 0.6 is 0 Å². The Kier molecular flexibility index (Phi) is 5.57. The zero-order valence-electron chi connectivity index (χ0n) is 14.5. The summed E-state index contributed by atoms with van der Waals surface area (Å²) in [5, 5.41) is 0. The van der Waals surface area contributed by atoms with Crippen molar-refractivity contribution in [2.45, 2.75) is 12.8 Å². The van der Waals surface area contributed by atoms with E-state index >= 15 is 0 Å². The van der Waals surface area contributed by atoms with E-state index in [1.54, 1.807) is 26.7 Å². The van der Waals surface area contributed by atoms with E-state index in [-0.39, 0.29) is 0 Å². The van der Waals surface area contributed by atoms with Crippen LogP contribution in [-0.2, 0) is 6.42 Å². The topological polar surface area (TPSA) is 45.5 Å². The maximum atomic E-state index is 6.02. The lowest BCUT2D eigenvalue weighted by Gasteiger charge is -2.13. The summed E-state index contributed by atoms with van der Waals surface area (Å²) in [4.78, 5) is 4.10. The summed E-state index contributed by atoms with van der Waals surface area (Å²) in [5.74, 6) is 2.43. The van der Waals surface area contributed by atoms with E-state index in [0.29, 0.717) is 6.61 Å². The van der Waals surface area contributed by atoms with Crippen LogP contribution in [0, 0.1) is 0 Å². The van der Waals surface area contributed by atoms with E-state index in [2.05, 4.69) is 17.1 Å². The summed E-state index contributed by atoms with van der Waals surface area (Å²) in [6.45, 7) is 0.626. The molecule has 0 bridgehead atoms. The lowest BCUT2D eigenvalue weighted by Crippen LogP contribution is -2.03. The molecule has 0 amide bonds. The Hall–Kier alpha value is -2.95. The molecule has 0 aliphatic heterocycles. The average Bonchev–Trinajstić information content (AvgIpc) is 3.20. The van der Waals surface area contributed by atoms with Gasteiger partial charge in [-0.05, 0) is 42.7 Å². The maximum Gasteiger partial charge on any atom is 0.146 e. The van der Waals surface area contributed by atoms with Gasteiger partial charge in [-0.25, -0.2) is 4.98 Å². The van der Waals surface area contributed by atoms with Crippen molar-refractivity contribution in [3.8, 4) is 22.9 Å². The summed E-state index contributed by atoms with van der Waals surface area (Å²) < 4.78 is 18.4. The molecule has 25 heavy (non-hydrogen) atoms. The van der Waals surface area contributed by atoms with Crippen LogP contribution in [0.4, 0.5) is 0 Å². The van der Waals surface area contributed by atoms with Crippen molar-refractivity contribution in [2.75, 3.05) is 20.8 Å². The van der Waals surface area contributed by atoms with Crippen molar-refractivity contribution >= 4 is 0 Å². The van der Waals surface area contributed by atoms with Gasteiger partial charge in [0.25, 0.3) is 0 Å². The van der Waals surface area contributed by atoms with Gasteiger partial charge in [-0.2, -0.15) is 0 Å². The number of aromatic nitrogens is 2. The zero-order chi connectivity index (χ0) is 17.5. The van der Waals surface area contributed by atoms with Crippen LogP contribution in [0.1, 0.15) is 12.0 Å². The third-order valence-corrected chi connectivity index (χ3v) is 3.98. The average molecular weight is 338 g/mol. The Bertz CT molecular complexity index is 783. The molecular weight excluding hydrogens is 316 g/mol. The maximum absolute atomic E-state index is 6.02. The molecule has 5 heteroatoms. The predicted molar refractivity (Wildman–Crippen MR) is 96.9 cm³/mol. The second-order valence-electron chi connectivity index (χ2n) is 5.60. The van der Waals surface area contributed by atoms with E-state index in [0.717, 1.165) is 35.8 Å². The number of methoxy groups -OCH3 is 2. The van der Waals surface area contributed by atoms with Crippen molar-refractivity contribution in [3.63, 3.8) is 0 Å². The molecule has 0 saturated heterocycles. The molecule has 5 nitrogen and oxygen atoms in total. The molecule has 1 heterocycles. The first-order valence-corrected chi connectivity index (χ1v) is 8.22. The van der Waals surface area contributed by atoms with Gasteiger partial charge in [0.15, 0.2) is 0 Å². The monoisotopic (exact) mass is 338 g/mol. The van der Waals surface area contributed by atoms with Crippen LogP contribution in [0.3, 0.4) is 0 Å². The molecule has 3 rings (SSSR count). The number of hydrogen-bond donors (Lipinski definition) is 0. The first-order chi connectivity index (χ1) is 12.3. The molecule has 3 aromatic rings. The lowest BCUT2D eigenvalue weighted by molar-refractivity contribution is 0.307. The highest BCUT2D eigenvalue weighted by molar-refractivity contribution is 5.51. The normalized spacial score (nSPS) is 10.5. The molecule has 130 valence electrons. The van der Waals surface area contributed by atoms with Crippen LogP contribution in [0.2, 0.25) is 0 Å². The number of aryl methyl sites for hydroxylation is 1. The minimum Gasteiger partial charge on any atom is -0.497 e. The summed E-state index contributed by atoms with van der Waals surface area (Å²) in [7, 11) is 3.33. The molecule has 0 radical (unpaired) electrons. The highest BCUT2D eigenvalue weighted by Crippen LogP contribution is 2.28. The summed E-state index contributed by atoms with van der Waals surface area (Å²) in [6, 6.07) is 13.9. The molecular formula is C20H22N2O3.